The minimum Gasteiger partial charge on any atom is -0.456 e. The van der Waals surface area contributed by atoms with Crippen LogP contribution in [0.15, 0.2) is 209 Å². The second-order valence-corrected chi connectivity index (χ2v) is 16.6. The fraction of sp³-hybridized carbons (Fsp3) is 0.0182. The van der Waals surface area contributed by atoms with Crippen LogP contribution in [-0.2, 0) is 5.41 Å². The SMILES string of the molecule is c1ccc(C2(c3ccccc3)c3ccccc3-c3ccc(N(c4ccc5c(c4)oc4ccccc45)c4cccc5sc6ccc7c8ccccc8oc7c6c45)cc32)cc1. The molecule has 0 fully saturated rings. The number of furan rings is 2. The van der Waals surface area contributed by atoms with Crippen molar-refractivity contribution in [2.24, 2.45) is 0 Å². The van der Waals surface area contributed by atoms with Gasteiger partial charge in [-0.3, -0.25) is 0 Å². The maximum absolute atomic E-state index is 6.76. The highest BCUT2D eigenvalue weighted by molar-refractivity contribution is 7.26. The highest BCUT2D eigenvalue weighted by Crippen LogP contribution is 2.58. The van der Waals surface area contributed by atoms with Crippen LogP contribution < -0.4 is 4.90 Å². The highest BCUT2D eigenvalue weighted by atomic mass is 32.1. The Morgan fingerprint density at radius 2 is 0.983 bits per heavy atom. The third-order valence-electron chi connectivity index (χ3n) is 12.5. The van der Waals surface area contributed by atoms with Gasteiger partial charge in [-0.15, -0.1) is 11.3 Å². The Bertz CT molecular complexity index is 3590. The maximum atomic E-state index is 6.76. The monoisotopic (exact) mass is 771 g/mol. The van der Waals surface area contributed by atoms with Gasteiger partial charge in [0.25, 0.3) is 0 Å². The largest absolute Gasteiger partial charge is 0.456 e. The molecule has 3 heterocycles. The zero-order valence-electron chi connectivity index (χ0n) is 31.7. The number of thiophene rings is 1. The summed E-state index contributed by atoms with van der Waals surface area (Å²) >= 11 is 1.81. The molecule has 0 radical (unpaired) electrons. The van der Waals surface area contributed by atoms with Gasteiger partial charge in [-0.25, -0.2) is 0 Å². The van der Waals surface area contributed by atoms with Crippen molar-refractivity contribution in [1.29, 1.82) is 0 Å². The number of benzene rings is 9. The lowest BCUT2D eigenvalue weighted by atomic mass is 9.67. The molecule has 0 bridgehead atoms. The molecule has 0 amide bonds. The first-order valence-electron chi connectivity index (χ1n) is 20.1. The Morgan fingerprint density at radius 1 is 0.390 bits per heavy atom. The van der Waals surface area contributed by atoms with Gasteiger partial charge in [0.05, 0.1) is 11.1 Å². The van der Waals surface area contributed by atoms with Gasteiger partial charge >= 0.3 is 0 Å². The van der Waals surface area contributed by atoms with Crippen molar-refractivity contribution >= 4 is 92.4 Å². The van der Waals surface area contributed by atoms with Crippen LogP contribution in [0.2, 0.25) is 0 Å². The molecule has 12 aromatic rings. The Balaban J connectivity index is 1.14. The Morgan fingerprint density at radius 3 is 1.78 bits per heavy atom. The van der Waals surface area contributed by atoms with Crippen LogP contribution in [0.4, 0.5) is 17.1 Å². The first-order valence-corrected chi connectivity index (χ1v) is 20.9. The van der Waals surface area contributed by atoms with E-state index in [0.29, 0.717) is 0 Å². The molecule has 1 aliphatic rings. The zero-order valence-corrected chi connectivity index (χ0v) is 32.5. The molecule has 3 aromatic heterocycles. The maximum Gasteiger partial charge on any atom is 0.144 e. The summed E-state index contributed by atoms with van der Waals surface area (Å²) in [6.45, 7) is 0. The first kappa shape index (κ1) is 32.7. The van der Waals surface area contributed by atoms with Gasteiger partial charge in [-0.2, -0.15) is 0 Å². The summed E-state index contributed by atoms with van der Waals surface area (Å²) in [6.07, 6.45) is 0. The minimum absolute atomic E-state index is 0.541. The van der Waals surface area contributed by atoms with Crippen LogP contribution in [-0.4, -0.2) is 0 Å². The number of rotatable bonds is 5. The van der Waals surface area contributed by atoms with Crippen molar-refractivity contribution in [2.75, 3.05) is 4.90 Å². The molecule has 1 aliphatic carbocycles. The lowest BCUT2D eigenvalue weighted by molar-refractivity contribution is 0.669. The van der Waals surface area contributed by atoms with Gasteiger partial charge in [-0.1, -0.05) is 133 Å². The van der Waals surface area contributed by atoms with Crippen LogP contribution in [0, 0.1) is 0 Å². The van der Waals surface area contributed by atoms with Crippen LogP contribution >= 0.6 is 11.3 Å². The van der Waals surface area contributed by atoms with Crippen molar-refractivity contribution in [1.82, 2.24) is 0 Å². The van der Waals surface area contributed by atoms with E-state index in [1.807, 2.05) is 23.5 Å². The quantitative estimate of drug-likeness (QED) is 0.175. The smallest absolute Gasteiger partial charge is 0.144 e. The summed E-state index contributed by atoms with van der Waals surface area (Å²) in [6, 6.07) is 72.6. The van der Waals surface area contributed by atoms with Crippen molar-refractivity contribution in [3.8, 4) is 11.1 Å². The molecule has 3 nitrogen and oxygen atoms in total. The average Bonchev–Trinajstić information content (AvgIpc) is 4.05. The zero-order chi connectivity index (χ0) is 38.7. The first-order chi connectivity index (χ1) is 29.3. The molecular formula is C55H33NO2S. The lowest BCUT2D eigenvalue weighted by Gasteiger charge is -2.35. The summed E-state index contributed by atoms with van der Waals surface area (Å²) in [5.74, 6) is 0. The van der Waals surface area contributed by atoms with E-state index in [0.717, 1.165) is 66.3 Å². The number of hydrogen-bond donors (Lipinski definition) is 0. The van der Waals surface area contributed by atoms with E-state index in [1.54, 1.807) is 0 Å². The predicted molar refractivity (Wildman–Crippen MR) is 246 cm³/mol. The number of nitrogens with zero attached hydrogens (tertiary/aromatic N) is 1. The minimum atomic E-state index is -0.541. The molecule has 9 aromatic carbocycles. The number of hydrogen-bond acceptors (Lipinski definition) is 4. The summed E-state index contributed by atoms with van der Waals surface area (Å²) < 4.78 is 15.7. The van der Waals surface area contributed by atoms with Crippen LogP contribution in [0.5, 0.6) is 0 Å². The number of anilines is 3. The van der Waals surface area contributed by atoms with E-state index in [-0.39, 0.29) is 0 Å². The van der Waals surface area contributed by atoms with Gasteiger partial charge in [0.15, 0.2) is 0 Å². The molecule has 13 rings (SSSR count). The predicted octanol–water partition coefficient (Wildman–Crippen LogP) is 15.7. The van der Waals surface area contributed by atoms with Crippen LogP contribution in [0.3, 0.4) is 0 Å². The molecule has 0 atom stereocenters. The molecular weight excluding hydrogens is 739 g/mol. The van der Waals surface area contributed by atoms with Crippen molar-refractivity contribution in [2.45, 2.75) is 5.41 Å². The van der Waals surface area contributed by atoms with Gasteiger partial charge in [0, 0.05) is 59.2 Å². The standard InChI is InChI=1S/C55H33NO2S/c1-3-14-34(15-4-1)55(35-16-5-2-6-17-35)44-21-10-7-18-38(44)39-28-26-36(32-45(39)55)56(37-27-29-42-40-19-8-11-23-47(40)57-49(42)33-37)46-22-13-25-50-52(46)53-51(59-50)31-30-43-41-20-9-12-24-48(41)58-54(43)53/h1-33H. The Labute approximate surface area is 343 Å². The third-order valence-corrected chi connectivity index (χ3v) is 13.7. The Kier molecular flexibility index (Phi) is 6.81. The van der Waals surface area contributed by atoms with Gasteiger partial charge in [0.1, 0.15) is 22.3 Å². The van der Waals surface area contributed by atoms with Crippen molar-refractivity contribution < 1.29 is 8.83 Å². The fourth-order valence-electron chi connectivity index (χ4n) is 10.1. The normalized spacial score (nSPS) is 13.2. The summed E-state index contributed by atoms with van der Waals surface area (Å²) in [7, 11) is 0. The lowest BCUT2D eigenvalue weighted by Crippen LogP contribution is -2.28. The Hall–Kier alpha value is -7.40. The summed E-state index contributed by atoms with van der Waals surface area (Å²) in [4.78, 5) is 2.44. The molecule has 0 unspecified atom stereocenters. The molecule has 0 aliphatic heterocycles. The van der Waals surface area contributed by atoms with Gasteiger partial charge < -0.3 is 13.7 Å². The average molecular weight is 772 g/mol. The molecule has 0 saturated carbocycles. The molecule has 59 heavy (non-hydrogen) atoms. The van der Waals surface area contributed by atoms with E-state index < -0.39 is 5.41 Å². The number of para-hydroxylation sites is 2. The van der Waals surface area contributed by atoms with E-state index in [1.165, 1.54) is 48.2 Å². The van der Waals surface area contributed by atoms with Crippen molar-refractivity contribution in [3.63, 3.8) is 0 Å². The molecule has 0 N–H and O–H groups in total. The van der Waals surface area contributed by atoms with E-state index in [9.17, 15) is 0 Å². The molecule has 0 saturated heterocycles. The van der Waals surface area contributed by atoms with E-state index in [2.05, 4.69) is 193 Å². The van der Waals surface area contributed by atoms with E-state index >= 15 is 0 Å². The molecule has 4 heteroatoms. The third kappa shape index (κ3) is 4.52. The fourth-order valence-corrected chi connectivity index (χ4v) is 11.2. The van der Waals surface area contributed by atoms with Gasteiger partial charge in [0.2, 0.25) is 0 Å². The molecule has 0 spiro atoms. The van der Waals surface area contributed by atoms with E-state index in [4.69, 9.17) is 8.83 Å². The van der Waals surface area contributed by atoms with Crippen LogP contribution in [0.25, 0.3) is 75.2 Å². The summed E-state index contributed by atoms with van der Waals surface area (Å²) in [5, 5.41) is 6.78. The second kappa shape index (κ2) is 12.3. The second-order valence-electron chi connectivity index (χ2n) is 15.5. The van der Waals surface area contributed by atoms with Crippen LogP contribution in [0.1, 0.15) is 22.3 Å². The number of fused-ring (bicyclic) bond motifs is 13. The highest BCUT2D eigenvalue weighted by Gasteiger charge is 2.46. The van der Waals surface area contributed by atoms with Crippen molar-refractivity contribution in [3.05, 3.63) is 222 Å². The summed E-state index contributed by atoms with van der Waals surface area (Å²) in [5.41, 5.74) is 13.7. The topological polar surface area (TPSA) is 29.5 Å². The molecule has 276 valence electrons. The van der Waals surface area contributed by atoms with Gasteiger partial charge in [-0.05, 0) is 94.0 Å².